The fourth-order valence-corrected chi connectivity index (χ4v) is 1.30. The number of halogens is 3. The van der Waals surface area contributed by atoms with Crippen molar-refractivity contribution in [1.29, 1.82) is 0 Å². The molecule has 0 aliphatic carbocycles. The van der Waals surface area contributed by atoms with Gasteiger partial charge in [0.2, 0.25) is 5.88 Å². The van der Waals surface area contributed by atoms with Crippen LogP contribution in [0.2, 0.25) is 0 Å². The first kappa shape index (κ1) is 11.4. The minimum Gasteiger partial charge on any atom is -0.493 e. The smallest absolute Gasteiger partial charge is 0.416 e. The zero-order valence-corrected chi connectivity index (χ0v) is 8.44. The predicted molar refractivity (Wildman–Crippen MR) is 54.1 cm³/mol. The zero-order chi connectivity index (χ0) is 12.5. The Kier molecular flexibility index (Phi) is 2.71. The molecule has 0 radical (unpaired) electrons. The summed E-state index contributed by atoms with van der Waals surface area (Å²) in [5.74, 6) is -0.0476. The van der Waals surface area contributed by atoms with Gasteiger partial charge >= 0.3 is 6.18 Å². The van der Waals surface area contributed by atoms with E-state index in [0.717, 1.165) is 12.1 Å². The predicted octanol–water partition coefficient (Wildman–Crippen LogP) is 2.87. The van der Waals surface area contributed by atoms with Crippen molar-refractivity contribution in [2.24, 2.45) is 0 Å². The maximum Gasteiger partial charge on any atom is 0.416 e. The first-order chi connectivity index (χ1) is 7.97. The molecule has 0 unspecified atom stereocenters. The summed E-state index contributed by atoms with van der Waals surface area (Å²) in [4.78, 5) is 7.55. The SMILES string of the molecule is Oc1ccnc(-c2ccc(C(F)(F)F)cc2)n1. The van der Waals surface area contributed by atoms with Gasteiger partial charge < -0.3 is 5.11 Å². The highest BCUT2D eigenvalue weighted by molar-refractivity contribution is 5.55. The lowest BCUT2D eigenvalue weighted by Gasteiger charge is -2.06. The van der Waals surface area contributed by atoms with Crippen LogP contribution in [0.1, 0.15) is 5.56 Å². The Bertz CT molecular complexity index is 523. The molecule has 1 aromatic carbocycles. The van der Waals surface area contributed by atoms with Crippen molar-refractivity contribution < 1.29 is 18.3 Å². The Hall–Kier alpha value is -2.11. The van der Waals surface area contributed by atoms with E-state index < -0.39 is 11.7 Å². The Labute approximate surface area is 94.6 Å². The molecule has 17 heavy (non-hydrogen) atoms. The Morgan fingerprint density at radius 2 is 1.65 bits per heavy atom. The maximum absolute atomic E-state index is 12.3. The van der Waals surface area contributed by atoms with Crippen LogP contribution in [-0.2, 0) is 6.18 Å². The molecule has 88 valence electrons. The standard InChI is InChI=1S/C11H7F3N2O/c12-11(13,14)8-3-1-7(2-4-8)10-15-6-5-9(17)16-10/h1-6H,(H,15,16,17). The fourth-order valence-electron chi connectivity index (χ4n) is 1.30. The fraction of sp³-hybridized carbons (Fsp3) is 0.0909. The van der Waals surface area contributed by atoms with Gasteiger partial charge in [-0.2, -0.15) is 18.2 Å². The van der Waals surface area contributed by atoms with E-state index in [0.29, 0.717) is 5.56 Å². The average Bonchev–Trinajstić information content (AvgIpc) is 2.28. The van der Waals surface area contributed by atoms with E-state index in [1.54, 1.807) is 0 Å². The molecule has 0 aliphatic rings. The van der Waals surface area contributed by atoms with Gasteiger partial charge in [0.15, 0.2) is 5.82 Å². The van der Waals surface area contributed by atoms with Crippen molar-refractivity contribution in [3.05, 3.63) is 42.1 Å². The van der Waals surface area contributed by atoms with Gasteiger partial charge in [-0.1, -0.05) is 12.1 Å². The number of benzene rings is 1. The van der Waals surface area contributed by atoms with Crippen LogP contribution in [0.25, 0.3) is 11.4 Å². The second kappa shape index (κ2) is 4.04. The molecule has 0 bridgehead atoms. The van der Waals surface area contributed by atoms with Gasteiger partial charge in [0.25, 0.3) is 0 Å². The van der Waals surface area contributed by atoms with Gasteiger partial charge in [0.05, 0.1) is 5.56 Å². The molecule has 0 aliphatic heterocycles. The molecule has 0 fully saturated rings. The summed E-state index contributed by atoms with van der Waals surface area (Å²) in [6.07, 6.45) is -3.03. The van der Waals surface area contributed by atoms with Crippen molar-refractivity contribution in [3.8, 4) is 17.3 Å². The molecule has 2 aromatic rings. The van der Waals surface area contributed by atoms with Gasteiger partial charge in [0.1, 0.15) is 0 Å². The number of aromatic hydroxyl groups is 1. The van der Waals surface area contributed by atoms with E-state index in [-0.39, 0.29) is 11.7 Å². The van der Waals surface area contributed by atoms with E-state index in [4.69, 9.17) is 5.11 Å². The first-order valence-electron chi connectivity index (χ1n) is 4.66. The minimum atomic E-state index is -4.36. The van der Waals surface area contributed by atoms with Crippen LogP contribution in [0.4, 0.5) is 13.2 Å². The molecule has 0 saturated carbocycles. The van der Waals surface area contributed by atoms with E-state index >= 15 is 0 Å². The molecular formula is C11H7F3N2O. The van der Waals surface area contributed by atoms with E-state index in [1.807, 2.05) is 0 Å². The van der Waals surface area contributed by atoms with Gasteiger partial charge in [-0.05, 0) is 12.1 Å². The first-order valence-corrected chi connectivity index (χ1v) is 4.66. The van der Waals surface area contributed by atoms with Crippen LogP contribution in [0.3, 0.4) is 0 Å². The van der Waals surface area contributed by atoms with Gasteiger partial charge in [0, 0.05) is 17.8 Å². The normalized spacial score (nSPS) is 11.5. The maximum atomic E-state index is 12.3. The van der Waals surface area contributed by atoms with E-state index in [9.17, 15) is 13.2 Å². The molecule has 1 heterocycles. The summed E-state index contributed by atoms with van der Waals surface area (Å²) in [7, 11) is 0. The Balaban J connectivity index is 2.36. The highest BCUT2D eigenvalue weighted by Gasteiger charge is 2.30. The molecule has 1 aromatic heterocycles. The van der Waals surface area contributed by atoms with Crippen molar-refractivity contribution in [3.63, 3.8) is 0 Å². The second-order valence-electron chi connectivity index (χ2n) is 3.31. The number of hydrogen-bond donors (Lipinski definition) is 1. The molecule has 0 atom stereocenters. The van der Waals surface area contributed by atoms with E-state index in [1.165, 1.54) is 24.4 Å². The largest absolute Gasteiger partial charge is 0.493 e. The van der Waals surface area contributed by atoms with Crippen LogP contribution in [0.15, 0.2) is 36.5 Å². The summed E-state index contributed by atoms with van der Waals surface area (Å²) in [5, 5.41) is 9.13. The number of aromatic nitrogens is 2. The second-order valence-corrected chi connectivity index (χ2v) is 3.31. The van der Waals surface area contributed by atoms with Crippen molar-refractivity contribution in [2.45, 2.75) is 6.18 Å². The van der Waals surface area contributed by atoms with Crippen LogP contribution in [0.5, 0.6) is 5.88 Å². The Morgan fingerprint density at radius 3 is 2.18 bits per heavy atom. The molecule has 0 amide bonds. The summed E-state index contributed by atoms with van der Waals surface area (Å²) < 4.78 is 36.9. The number of hydrogen-bond acceptors (Lipinski definition) is 3. The van der Waals surface area contributed by atoms with Crippen LogP contribution >= 0.6 is 0 Å². The van der Waals surface area contributed by atoms with Crippen LogP contribution in [-0.4, -0.2) is 15.1 Å². The summed E-state index contributed by atoms with van der Waals surface area (Å²) in [6, 6.07) is 5.70. The lowest BCUT2D eigenvalue weighted by molar-refractivity contribution is -0.137. The molecule has 0 saturated heterocycles. The third kappa shape index (κ3) is 2.52. The number of nitrogens with zero attached hydrogens (tertiary/aromatic N) is 2. The quantitative estimate of drug-likeness (QED) is 0.833. The van der Waals surface area contributed by atoms with Gasteiger partial charge in [-0.3, -0.25) is 0 Å². The molecule has 0 spiro atoms. The average molecular weight is 240 g/mol. The molecule has 1 N–H and O–H groups in total. The summed E-state index contributed by atoms with van der Waals surface area (Å²) >= 11 is 0. The molecule has 2 rings (SSSR count). The molecular weight excluding hydrogens is 233 g/mol. The highest BCUT2D eigenvalue weighted by atomic mass is 19.4. The number of alkyl halides is 3. The number of rotatable bonds is 1. The van der Waals surface area contributed by atoms with Crippen molar-refractivity contribution >= 4 is 0 Å². The highest BCUT2D eigenvalue weighted by Crippen LogP contribution is 2.30. The molecule has 3 nitrogen and oxygen atoms in total. The Morgan fingerprint density at radius 1 is 1.00 bits per heavy atom. The lowest BCUT2D eigenvalue weighted by Crippen LogP contribution is -2.04. The van der Waals surface area contributed by atoms with Crippen LogP contribution < -0.4 is 0 Å². The third-order valence-electron chi connectivity index (χ3n) is 2.11. The van der Waals surface area contributed by atoms with Gasteiger partial charge in [-0.25, -0.2) is 4.98 Å². The van der Waals surface area contributed by atoms with E-state index in [2.05, 4.69) is 9.97 Å². The van der Waals surface area contributed by atoms with Gasteiger partial charge in [-0.15, -0.1) is 0 Å². The lowest BCUT2D eigenvalue weighted by atomic mass is 10.1. The molecule has 6 heteroatoms. The zero-order valence-electron chi connectivity index (χ0n) is 8.44. The summed E-state index contributed by atoms with van der Waals surface area (Å²) in [5.41, 5.74) is -0.324. The minimum absolute atomic E-state index is 0.179. The summed E-state index contributed by atoms with van der Waals surface area (Å²) in [6.45, 7) is 0. The third-order valence-corrected chi connectivity index (χ3v) is 2.11. The monoisotopic (exact) mass is 240 g/mol. The van der Waals surface area contributed by atoms with Crippen molar-refractivity contribution in [1.82, 2.24) is 9.97 Å². The van der Waals surface area contributed by atoms with Crippen LogP contribution in [0, 0.1) is 0 Å². The van der Waals surface area contributed by atoms with Crippen molar-refractivity contribution in [2.75, 3.05) is 0 Å². The topological polar surface area (TPSA) is 46.0 Å².